The molecule has 0 spiro atoms. The minimum atomic E-state index is 0.653. The zero-order valence-corrected chi connectivity index (χ0v) is 12.2. The van der Waals surface area contributed by atoms with Gasteiger partial charge in [-0.3, -0.25) is 0 Å². The van der Waals surface area contributed by atoms with Gasteiger partial charge in [0.25, 0.3) is 0 Å². The van der Waals surface area contributed by atoms with E-state index in [9.17, 15) is 0 Å². The number of ether oxygens (including phenoxy) is 3. The Balaban J connectivity index is 2.39. The highest BCUT2D eigenvalue weighted by atomic mass is 16.5. The topological polar surface area (TPSA) is 27.7 Å². The van der Waals surface area contributed by atoms with Gasteiger partial charge in [0, 0.05) is 12.0 Å². The maximum absolute atomic E-state index is 5.67. The van der Waals surface area contributed by atoms with E-state index < -0.39 is 0 Å². The standard InChI is InChI=1S/C17H20O3/c1-4-20-15-9-6-5-8-13(15)12-14-16(18-2)10-7-11-17(14)19-3/h5-11H,4,12H2,1-3H3. The van der Waals surface area contributed by atoms with E-state index in [4.69, 9.17) is 14.2 Å². The van der Waals surface area contributed by atoms with Gasteiger partial charge in [0.2, 0.25) is 0 Å². The third-order valence-electron chi connectivity index (χ3n) is 3.17. The van der Waals surface area contributed by atoms with Crippen molar-refractivity contribution in [1.82, 2.24) is 0 Å². The second-order valence-corrected chi connectivity index (χ2v) is 4.36. The highest BCUT2D eigenvalue weighted by molar-refractivity contribution is 5.49. The first-order chi connectivity index (χ1) is 9.80. The SMILES string of the molecule is CCOc1ccccc1Cc1c(OC)cccc1OC. The lowest BCUT2D eigenvalue weighted by atomic mass is 10.0. The molecule has 0 saturated carbocycles. The van der Waals surface area contributed by atoms with Crippen LogP contribution in [0.25, 0.3) is 0 Å². The van der Waals surface area contributed by atoms with Gasteiger partial charge in [0.1, 0.15) is 17.2 Å². The molecule has 0 aliphatic rings. The highest BCUT2D eigenvalue weighted by Gasteiger charge is 2.13. The van der Waals surface area contributed by atoms with Crippen LogP contribution in [0.3, 0.4) is 0 Å². The highest BCUT2D eigenvalue weighted by Crippen LogP contribution is 2.32. The molecule has 3 nitrogen and oxygen atoms in total. The summed E-state index contributed by atoms with van der Waals surface area (Å²) in [5.74, 6) is 2.56. The van der Waals surface area contributed by atoms with Gasteiger partial charge in [-0.1, -0.05) is 24.3 Å². The number of para-hydroxylation sites is 1. The van der Waals surface area contributed by atoms with Gasteiger partial charge in [0.15, 0.2) is 0 Å². The van der Waals surface area contributed by atoms with Crippen molar-refractivity contribution in [3.05, 3.63) is 53.6 Å². The molecule has 106 valence electrons. The third-order valence-corrected chi connectivity index (χ3v) is 3.17. The van der Waals surface area contributed by atoms with Gasteiger partial charge in [-0.15, -0.1) is 0 Å². The Morgan fingerprint density at radius 2 is 1.40 bits per heavy atom. The molecule has 0 aromatic heterocycles. The van der Waals surface area contributed by atoms with Crippen LogP contribution in [0, 0.1) is 0 Å². The molecule has 0 N–H and O–H groups in total. The monoisotopic (exact) mass is 272 g/mol. The predicted molar refractivity (Wildman–Crippen MR) is 80.0 cm³/mol. The molecule has 0 fully saturated rings. The average molecular weight is 272 g/mol. The van der Waals surface area contributed by atoms with E-state index in [1.165, 1.54) is 0 Å². The molecule has 0 aliphatic carbocycles. The fourth-order valence-corrected chi connectivity index (χ4v) is 2.24. The maximum Gasteiger partial charge on any atom is 0.126 e. The quantitative estimate of drug-likeness (QED) is 0.802. The first-order valence-corrected chi connectivity index (χ1v) is 6.70. The van der Waals surface area contributed by atoms with Gasteiger partial charge in [0.05, 0.1) is 20.8 Å². The third kappa shape index (κ3) is 3.05. The second-order valence-electron chi connectivity index (χ2n) is 4.36. The molecule has 0 bridgehead atoms. The van der Waals surface area contributed by atoms with Crippen LogP contribution in [-0.2, 0) is 6.42 Å². The predicted octanol–water partition coefficient (Wildman–Crippen LogP) is 3.69. The second kappa shape index (κ2) is 6.85. The minimum absolute atomic E-state index is 0.653. The van der Waals surface area contributed by atoms with Crippen LogP contribution in [0.15, 0.2) is 42.5 Å². The van der Waals surface area contributed by atoms with E-state index in [0.29, 0.717) is 13.0 Å². The summed E-state index contributed by atoms with van der Waals surface area (Å²) in [4.78, 5) is 0. The zero-order chi connectivity index (χ0) is 14.4. The molecule has 0 saturated heterocycles. The Morgan fingerprint density at radius 1 is 0.800 bits per heavy atom. The van der Waals surface area contributed by atoms with Gasteiger partial charge >= 0.3 is 0 Å². The van der Waals surface area contributed by atoms with Gasteiger partial charge < -0.3 is 14.2 Å². The van der Waals surface area contributed by atoms with E-state index in [-0.39, 0.29) is 0 Å². The van der Waals surface area contributed by atoms with E-state index >= 15 is 0 Å². The summed E-state index contributed by atoms with van der Waals surface area (Å²) < 4.78 is 16.6. The molecule has 0 unspecified atom stereocenters. The van der Waals surface area contributed by atoms with E-state index in [0.717, 1.165) is 28.4 Å². The van der Waals surface area contributed by atoms with E-state index in [1.54, 1.807) is 14.2 Å². The van der Waals surface area contributed by atoms with Crippen molar-refractivity contribution < 1.29 is 14.2 Å². The van der Waals surface area contributed by atoms with Crippen LogP contribution in [-0.4, -0.2) is 20.8 Å². The molecule has 2 aromatic carbocycles. The van der Waals surface area contributed by atoms with E-state index in [1.807, 2.05) is 43.3 Å². The molecular weight excluding hydrogens is 252 g/mol. The molecule has 2 rings (SSSR count). The molecule has 0 heterocycles. The van der Waals surface area contributed by atoms with Gasteiger partial charge in [-0.25, -0.2) is 0 Å². The van der Waals surface area contributed by atoms with Crippen LogP contribution >= 0.6 is 0 Å². The largest absolute Gasteiger partial charge is 0.496 e. The van der Waals surface area contributed by atoms with Crippen LogP contribution in [0.5, 0.6) is 17.2 Å². The Kier molecular flexibility index (Phi) is 4.88. The van der Waals surface area contributed by atoms with Gasteiger partial charge in [-0.2, -0.15) is 0 Å². The summed E-state index contributed by atoms with van der Waals surface area (Å²) in [5, 5.41) is 0. The van der Waals surface area contributed by atoms with Crippen molar-refractivity contribution in [3.63, 3.8) is 0 Å². The summed E-state index contributed by atoms with van der Waals surface area (Å²) in [7, 11) is 3.35. The van der Waals surface area contributed by atoms with Crippen molar-refractivity contribution >= 4 is 0 Å². The van der Waals surface area contributed by atoms with Crippen LogP contribution in [0.1, 0.15) is 18.1 Å². The Hall–Kier alpha value is -2.16. The number of benzene rings is 2. The molecule has 0 aliphatic heterocycles. The van der Waals surface area contributed by atoms with Crippen molar-refractivity contribution in [2.24, 2.45) is 0 Å². The summed E-state index contributed by atoms with van der Waals surface area (Å²) >= 11 is 0. The number of hydrogen-bond donors (Lipinski definition) is 0. The molecule has 20 heavy (non-hydrogen) atoms. The van der Waals surface area contributed by atoms with Crippen molar-refractivity contribution in [3.8, 4) is 17.2 Å². The van der Waals surface area contributed by atoms with Crippen LogP contribution in [0.4, 0.5) is 0 Å². The van der Waals surface area contributed by atoms with Gasteiger partial charge in [-0.05, 0) is 30.7 Å². The Bertz CT molecular complexity index is 542. The molecule has 0 radical (unpaired) electrons. The van der Waals surface area contributed by atoms with Crippen LogP contribution < -0.4 is 14.2 Å². The van der Waals surface area contributed by atoms with Crippen molar-refractivity contribution in [1.29, 1.82) is 0 Å². The number of hydrogen-bond acceptors (Lipinski definition) is 3. The number of rotatable bonds is 6. The zero-order valence-electron chi connectivity index (χ0n) is 12.2. The Morgan fingerprint density at radius 3 is 2.00 bits per heavy atom. The smallest absolute Gasteiger partial charge is 0.126 e. The first-order valence-electron chi connectivity index (χ1n) is 6.70. The fourth-order valence-electron chi connectivity index (χ4n) is 2.24. The molecule has 2 aromatic rings. The summed E-state index contributed by atoms with van der Waals surface area (Å²) in [6.07, 6.45) is 0.712. The fraction of sp³-hybridized carbons (Fsp3) is 0.294. The minimum Gasteiger partial charge on any atom is -0.496 e. The first kappa shape index (κ1) is 14.3. The molecule has 0 amide bonds. The lowest BCUT2D eigenvalue weighted by Crippen LogP contribution is -2.01. The van der Waals surface area contributed by atoms with Crippen molar-refractivity contribution in [2.75, 3.05) is 20.8 Å². The number of methoxy groups -OCH3 is 2. The Labute approximate surface area is 120 Å². The molecule has 0 atom stereocenters. The van der Waals surface area contributed by atoms with Crippen molar-refractivity contribution in [2.45, 2.75) is 13.3 Å². The lowest BCUT2D eigenvalue weighted by molar-refractivity contribution is 0.336. The average Bonchev–Trinajstić information content (AvgIpc) is 2.49. The summed E-state index contributed by atoms with van der Waals surface area (Å²) in [6.45, 7) is 2.64. The summed E-state index contributed by atoms with van der Waals surface area (Å²) in [5.41, 5.74) is 2.15. The normalized spacial score (nSPS) is 10.2. The maximum atomic E-state index is 5.67. The lowest BCUT2D eigenvalue weighted by Gasteiger charge is -2.15. The molecular formula is C17H20O3. The van der Waals surface area contributed by atoms with E-state index in [2.05, 4.69) is 6.07 Å². The van der Waals surface area contributed by atoms with Crippen LogP contribution in [0.2, 0.25) is 0 Å². The molecule has 3 heteroatoms. The summed E-state index contributed by atoms with van der Waals surface area (Å²) in [6, 6.07) is 13.9.